The van der Waals surface area contributed by atoms with Crippen molar-refractivity contribution < 1.29 is 14.4 Å². The van der Waals surface area contributed by atoms with Crippen molar-refractivity contribution in [2.24, 2.45) is 5.92 Å². The second-order valence-electron chi connectivity index (χ2n) is 9.35. The zero-order chi connectivity index (χ0) is 23.8. The van der Waals surface area contributed by atoms with Crippen LogP contribution < -0.4 is 10.6 Å². The third-order valence-electron chi connectivity index (χ3n) is 6.65. The lowest BCUT2D eigenvalue weighted by atomic mass is 9.95. The molecule has 2 aliphatic rings. The maximum atomic E-state index is 13.6. The zero-order valence-corrected chi connectivity index (χ0v) is 20.3. The van der Waals surface area contributed by atoms with Gasteiger partial charge in [0.15, 0.2) is 0 Å². The van der Waals surface area contributed by atoms with Crippen LogP contribution in [0.3, 0.4) is 0 Å². The highest BCUT2D eigenvalue weighted by atomic mass is 32.2. The van der Waals surface area contributed by atoms with Gasteiger partial charge in [-0.05, 0) is 37.0 Å². The number of nitrogens with one attached hydrogen (secondary N) is 2. The van der Waals surface area contributed by atoms with Crippen LogP contribution in [0.1, 0.15) is 61.0 Å². The lowest BCUT2D eigenvalue weighted by Crippen LogP contribution is -2.58. The molecule has 0 aliphatic carbocycles. The third kappa shape index (κ3) is 4.38. The molecule has 1 fully saturated rings. The number of fused-ring (bicyclic) bond motifs is 3. The van der Waals surface area contributed by atoms with Gasteiger partial charge in [-0.3, -0.25) is 14.4 Å². The van der Waals surface area contributed by atoms with Crippen molar-refractivity contribution in [2.45, 2.75) is 62.9 Å². The standard InChI is InChI=1S/C26H31N3O3S/c1-5-16(2)20(22(30)27-15-17-11-7-6-8-12-17)28-23(31)21-26(3,4)33-25-19-14-10-9-13-18(19)24(32)29(21)25/h6-14,16,20-21,25H,5,15H2,1-4H3,(H,27,30)(H,28,31)/t16-,20+,21+,25+/m1/s1. The summed E-state index contributed by atoms with van der Waals surface area (Å²) in [6, 6.07) is 15.9. The molecule has 6 nitrogen and oxygen atoms in total. The predicted octanol–water partition coefficient (Wildman–Crippen LogP) is 3.88. The summed E-state index contributed by atoms with van der Waals surface area (Å²) in [5.41, 5.74) is 2.61. The predicted molar refractivity (Wildman–Crippen MR) is 130 cm³/mol. The van der Waals surface area contributed by atoms with E-state index in [2.05, 4.69) is 10.6 Å². The smallest absolute Gasteiger partial charge is 0.256 e. The SMILES string of the molecule is CC[C@@H](C)[C@H](NC(=O)[C@@H]1N2C(=O)c3ccccc3[C@@H]2SC1(C)C)C(=O)NCc1ccccc1. The van der Waals surface area contributed by atoms with Gasteiger partial charge in [0, 0.05) is 16.9 Å². The molecule has 0 bridgehead atoms. The molecule has 2 aromatic rings. The summed E-state index contributed by atoms with van der Waals surface area (Å²) in [7, 11) is 0. The van der Waals surface area contributed by atoms with Crippen molar-refractivity contribution >= 4 is 29.5 Å². The summed E-state index contributed by atoms with van der Waals surface area (Å²) in [6.07, 6.45) is 0.739. The van der Waals surface area contributed by atoms with E-state index in [4.69, 9.17) is 0 Å². The number of carbonyl (C=O) groups is 3. The molecule has 0 saturated carbocycles. The van der Waals surface area contributed by atoms with Gasteiger partial charge >= 0.3 is 0 Å². The van der Waals surface area contributed by atoms with Gasteiger partial charge in [-0.15, -0.1) is 11.8 Å². The van der Waals surface area contributed by atoms with Crippen molar-refractivity contribution in [1.82, 2.24) is 15.5 Å². The number of benzene rings is 2. The van der Waals surface area contributed by atoms with Gasteiger partial charge in [0.2, 0.25) is 11.8 Å². The fourth-order valence-corrected chi connectivity index (χ4v) is 6.22. The number of amides is 3. The minimum absolute atomic E-state index is 0.0517. The molecule has 2 aliphatic heterocycles. The summed E-state index contributed by atoms with van der Waals surface area (Å²) in [5.74, 6) is -0.666. The maximum absolute atomic E-state index is 13.6. The third-order valence-corrected chi connectivity index (χ3v) is 8.18. The Hall–Kier alpha value is -2.80. The van der Waals surface area contributed by atoms with Gasteiger partial charge in [-0.25, -0.2) is 0 Å². The highest BCUT2D eigenvalue weighted by Gasteiger charge is 2.57. The molecule has 2 aromatic carbocycles. The first-order chi connectivity index (χ1) is 15.7. The van der Waals surface area contributed by atoms with Gasteiger partial charge in [0.1, 0.15) is 17.5 Å². The topological polar surface area (TPSA) is 78.5 Å². The second-order valence-corrected chi connectivity index (χ2v) is 11.1. The minimum Gasteiger partial charge on any atom is -0.350 e. The van der Waals surface area contributed by atoms with Crippen LogP contribution in [-0.2, 0) is 16.1 Å². The Bertz CT molecular complexity index is 1060. The zero-order valence-electron chi connectivity index (χ0n) is 19.5. The van der Waals surface area contributed by atoms with E-state index in [-0.39, 0.29) is 29.0 Å². The van der Waals surface area contributed by atoms with Crippen LogP contribution in [0.25, 0.3) is 0 Å². The Kier molecular flexibility index (Phi) is 6.52. The summed E-state index contributed by atoms with van der Waals surface area (Å²) in [5, 5.41) is 5.78. The van der Waals surface area contributed by atoms with Crippen LogP contribution in [0, 0.1) is 5.92 Å². The van der Waals surface area contributed by atoms with Gasteiger partial charge in [0.05, 0.1) is 0 Å². The van der Waals surface area contributed by atoms with E-state index in [1.807, 2.05) is 82.3 Å². The second kappa shape index (κ2) is 9.21. The van der Waals surface area contributed by atoms with E-state index in [1.54, 1.807) is 16.7 Å². The molecular formula is C26H31N3O3S. The number of carbonyl (C=O) groups excluding carboxylic acids is 3. The number of rotatable bonds is 7. The molecule has 3 amide bonds. The Morgan fingerprint density at radius 2 is 1.76 bits per heavy atom. The molecule has 174 valence electrons. The molecule has 2 N–H and O–H groups in total. The van der Waals surface area contributed by atoms with Crippen molar-refractivity contribution in [3.63, 3.8) is 0 Å². The average Bonchev–Trinajstić information content (AvgIpc) is 3.24. The normalized spacial score (nSPS) is 22.3. The van der Waals surface area contributed by atoms with Gasteiger partial charge in [-0.2, -0.15) is 0 Å². The fraction of sp³-hybridized carbons (Fsp3) is 0.423. The van der Waals surface area contributed by atoms with Crippen LogP contribution >= 0.6 is 11.8 Å². The summed E-state index contributed by atoms with van der Waals surface area (Å²) in [6.45, 7) is 8.34. The first-order valence-electron chi connectivity index (χ1n) is 11.5. The van der Waals surface area contributed by atoms with E-state index in [0.717, 1.165) is 17.5 Å². The summed E-state index contributed by atoms with van der Waals surface area (Å²) < 4.78 is -0.488. The van der Waals surface area contributed by atoms with Crippen LogP contribution in [0.15, 0.2) is 54.6 Å². The van der Waals surface area contributed by atoms with Crippen molar-refractivity contribution in [3.8, 4) is 0 Å². The Labute approximate surface area is 199 Å². The number of nitrogens with zero attached hydrogens (tertiary/aromatic N) is 1. The molecule has 1 saturated heterocycles. The molecule has 0 radical (unpaired) electrons. The Morgan fingerprint density at radius 1 is 1.09 bits per heavy atom. The van der Waals surface area contributed by atoms with Gasteiger partial charge < -0.3 is 15.5 Å². The highest BCUT2D eigenvalue weighted by Crippen LogP contribution is 2.56. The van der Waals surface area contributed by atoms with Crippen molar-refractivity contribution in [1.29, 1.82) is 0 Å². The van der Waals surface area contributed by atoms with E-state index in [1.165, 1.54) is 0 Å². The van der Waals surface area contributed by atoms with Crippen molar-refractivity contribution in [2.75, 3.05) is 0 Å². The van der Waals surface area contributed by atoms with E-state index in [0.29, 0.717) is 12.1 Å². The minimum atomic E-state index is -0.675. The molecule has 4 rings (SSSR count). The van der Waals surface area contributed by atoms with E-state index < -0.39 is 16.8 Å². The first-order valence-corrected chi connectivity index (χ1v) is 12.3. The number of hydrogen-bond donors (Lipinski definition) is 2. The molecule has 2 heterocycles. The molecule has 0 spiro atoms. The maximum Gasteiger partial charge on any atom is 0.256 e. The monoisotopic (exact) mass is 465 g/mol. The van der Waals surface area contributed by atoms with E-state index in [9.17, 15) is 14.4 Å². The van der Waals surface area contributed by atoms with Crippen molar-refractivity contribution in [3.05, 3.63) is 71.3 Å². The van der Waals surface area contributed by atoms with E-state index >= 15 is 0 Å². The molecule has 0 unspecified atom stereocenters. The lowest BCUT2D eigenvalue weighted by Gasteiger charge is -2.32. The molecular weight excluding hydrogens is 434 g/mol. The van der Waals surface area contributed by atoms with Crippen LogP contribution in [0.4, 0.5) is 0 Å². The quantitative estimate of drug-likeness (QED) is 0.651. The lowest BCUT2D eigenvalue weighted by molar-refractivity contribution is -0.133. The Morgan fingerprint density at radius 3 is 2.45 bits per heavy atom. The largest absolute Gasteiger partial charge is 0.350 e. The molecule has 7 heteroatoms. The number of hydrogen-bond acceptors (Lipinski definition) is 4. The Balaban J connectivity index is 1.53. The summed E-state index contributed by atoms with van der Waals surface area (Å²) >= 11 is 1.62. The van der Waals surface area contributed by atoms with Crippen LogP contribution in [0.5, 0.6) is 0 Å². The fourth-order valence-electron chi connectivity index (χ4n) is 4.63. The van der Waals surface area contributed by atoms with Crippen LogP contribution in [-0.4, -0.2) is 39.5 Å². The van der Waals surface area contributed by atoms with Gasteiger partial charge in [-0.1, -0.05) is 68.8 Å². The number of thioether (sulfide) groups is 1. The average molecular weight is 466 g/mol. The van der Waals surface area contributed by atoms with Gasteiger partial charge in [0.25, 0.3) is 5.91 Å². The first kappa shape index (κ1) is 23.4. The summed E-state index contributed by atoms with van der Waals surface area (Å²) in [4.78, 5) is 41.6. The molecule has 33 heavy (non-hydrogen) atoms. The molecule has 4 atom stereocenters. The highest BCUT2D eigenvalue weighted by molar-refractivity contribution is 8.01. The molecule has 0 aromatic heterocycles. The van der Waals surface area contributed by atoms with Crippen LogP contribution in [0.2, 0.25) is 0 Å².